The Labute approximate surface area is 165 Å². The predicted molar refractivity (Wildman–Crippen MR) is 111 cm³/mol. The Bertz CT molecular complexity index is 974. The largest absolute Gasteiger partial charge is 0.507 e. The zero-order chi connectivity index (χ0) is 19.3. The topological polar surface area (TPSA) is 50.4 Å². The highest BCUT2D eigenvalue weighted by molar-refractivity contribution is 5.46. The summed E-state index contributed by atoms with van der Waals surface area (Å²) in [5.74, 6) is 0.653. The maximum Gasteiger partial charge on any atom is 0.343 e. The molecule has 3 heteroatoms. The molecule has 1 aliphatic carbocycles. The second-order valence-electron chi connectivity index (χ2n) is 7.60. The highest BCUT2D eigenvalue weighted by atomic mass is 16.4. The summed E-state index contributed by atoms with van der Waals surface area (Å²) in [6.07, 6.45) is 6.21. The molecule has 0 fully saturated rings. The average Bonchev–Trinajstić information content (AvgIpc) is 2.97. The molecular weight excluding hydrogens is 348 g/mol. The van der Waals surface area contributed by atoms with E-state index in [1.54, 1.807) is 0 Å². The highest BCUT2D eigenvalue weighted by Gasteiger charge is 2.27. The van der Waals surface area contributed by atoms with Crippen molar-refractivity contribution in [2.24, 2.45) is 0 Å². The van der Waals surface area contributed by atoms with Crippen LogP contribution in [-0.4, -0.2) is 5.11 Å². The van der Waals surface area contributed by atoms with Crippen LogP contribution in [0.3, 0.4) is 0 Å². The quantitative estimate of drug-likeness (QED) is 0.610. The minimum Gasteiger partial charge on any atom is -0.507 e. The van der Waals surface area contributed by atoms with Crippen LogP contribution in [0.4, 0.5) is 0 Å². The molecule has 0 amide bonds. The Kier molecular flexibility index (Phi) is 5.61. The van der Waals surface area contributed by atoms with Crippen molar-refractivity contribution < 1.29 is 9.52 Å². The minimum atomic E-state index is -0.389. The molecule has 1 N–H and O–H groups in total. The third-order valence-electron chi connectivity index (χ3n) is 5.76. The van der Waals surface area contributed by atoms with Crippen LogP contribution in [0.5, 0.6) is 5.75 Å². The summed E-state index contributed by atoms with van der Waals surface area (Å²) in [5.41, 5.74) is 3.13. The normalized spacial score (nSPS) is 14.9. The van der Waals surface area contributed by atoms with Crippen LogP contribution >= 0.6 is 0 Å². The molecule has 3 nitrogen and oxygen atoms in total. The molecule has 1 unspecified atom stereocenters. The number of hydrogen-bond donors (Lipinski definition) is 1. The fourth-order valence-corrected chi connectivity index (χ4v) is 4.27. The lowest BCUT2D eigenvalue weighted by atomic mass is 9.85. The van der Waals surface area contributed by atoms with Crippen LogP contribution < -0.4 is 5.63 Å². The molecule has 0 radical (unpaired) electrons. The highest BCUT2D eigenvalue weighted by Crippen LogP contribution is 2.37. The van der Waals surface area contributed by atoms with Gasteiger partial charge in [0.05, 0.1) is 5.56 Å². The molecule has 1 atom stereocenters. The summed E-state index contributed by atoms with van der Waals surface area (Å²) in [6.45, 7) is 0. The van der Waals surface area contributed by atoms with Gasteiger partial charge in [-0.2, -0.15) is 0 Å². The lowest BCUT2D eigenvalue weighted by Crippen LogP contribution is -2.17. The third-order valence-corrected chi connectivity index (χ3v) is 5.76. The monoisotopic (exact) mass is 374 g/mol. The molecule has 144 valence electrons. The van der Waals surface area contributed by atoms with Crippen LogP contribution in [-0.2, 0) is 19.3 Å². The van der Waals surface area contributed by atoms with Crippen LogP contribution in [0.15, 0.2) is 69.9 Å². The van der Waals surface area contributed by atoms with Gasteiger partial charge in [-0.25, -0.2) is 4.79 Å². The van der Waals surface area contributed by atoms with Crippen molar-refractivity contribution in [2.45, 2.75) is 50.9 Å². The first-order valence-electron chi connectivity index (χ1n) is 10.2. The molecule has 3 aromatic rings. The van der Waals surface area contributed by atoms with Crippen LogP contribution in [0.1, 0.15) is 59.6 Å². The molecule has 1 heterocycles. The van der Waals surface area contributed by atoms with Gasteiger partial charge in [-0.3, -0.25) is 0 Å². The van der Waals surface area contributed by atoms with Crippen molar-refractivity contribution in [1.29, 1.82) is 0 Å². The third kappa shape index (κ3) is 3.89. The van der Waals surface area contributed by atoms with Gasteiger partial charge in [0.2, 0.25) is 0 Å². The first-order chi connectivity index (χ1) is 13.7. The molecule has 1 aliphatic rings. The fraction of sp³-hybridized carbons (Fsp3) is 0.320. The summed E-state index contributed by atoms with van der Waals surface area (Å²) in [6, 6.07) is 20.2. The van der Waals surface area contributed by atoms with E-state index in [0.29, 0.717) is 11.3 Å². The van der Waals surface area contributed by atoms with Gasteiger partial charge in [0, 0.05) is 17.9 Å². The van der Waals surface area contributed by atoms with Gasteiger partial charge in [-0.15, -0.1) is 0 Å². The van der Waals surface area contributed by atoms with Crippen molar-refractivity contribution in [2.75, 3.05) is 0 Å². The van der Waals surface area contributed by atoms with E-state index >= 15 is 0 Å². The van der Waals surface area contributed by atoms with Crippen molar-refractivity contribution in [3.05, 3.63) is 99.1 Å². The Hall–Kier alpha value is -2.81. The molecule has 0 saturated carbocycles. The van der Waals surface area contributed by atoms with E-state index in [0.717, 1.165) is 56.1 Å². The summed E-state index contributed by atoms with van der Waals surface area (Å²) in [4.78, 5) is 12.9. The molecule has 0 aliphatic heterocycles. The van der Waals surface area contributed by atoms with Gasteiger partial charge in [0.1, 0.15) is 11.5 Å². The van der Waals surface area contributed by atoms with Crippen LogP contribution in [0, 0.1) is 0 Å². The minimum absolute atomic E-state index is 0.162. The van der Waals surface area contributed by atoms with Crippen molar-refractivity contribution in [1.82, 2.24) is 0 Å². The van der Waals surface area contributed by atoms with Gasteiger partial charge in [-0.05, 0) is 43.2 Å². The van der Waals surface area contributed by atoms with E-state index < -0.39 is 0 Å². The van der Waals surface area contributed by atoms with Crippen LogP contribution in [0.25, 0.3) is 0 Å². The Balaban J connectivity index is 1.76. The summed E-state index contributed by atoms with van der Waals surface area (Å²) in [7, 11) is 0. The van der Waals surface area contributed by atoms with E-state index in [-0.39, 0.29) is 17.3 Å². The summed E-state index contributed by atoms with van der Waals surface area (Å²) in [5, 5.41) is 11.1. The number of rotatable bonds is 5. The van der Waals surface area contributed by atoms with Crippen molar-refractivity contribution >= 4 is 0 Å². The molecule has 4 rings (SSSR count). The second kappa shape index (κ2) is 8.47. The number of aryl methyl sites for hydroxylation is 2. The lowest BCUT2D eigenvalue weighted by molar-refractivity contribution is 0.397. The standard InChI is InChI=1S/C25H26O3/c26-24-21-14-8-3-9-15-22(21)28-25(27)23(24)20(19-12-6-2-7-13-19)17-16-18-10-4-1-5-11-18/h1-2,4-7,10-13,20,26H,3,8-9,14-17H2. The van der Waals surface area contributed by atoms with Gasteiger partial charge in [-0.1, -0.05) is 67.1 Å². The van der Waals surface area contributed by atoms with E-state index in [4.69, 9.17) is 4.42 Å². The van der Waals surface area contributed by atoms with Crippen LogP contribution in [0.2, 0.25) is 0 Å². The summed E-state index contributed by atoms with van der Waals surface area (Å²) >= 11 is 0. The maximum atomic E-state index is 12.9. The zero-order valence-electron chi connectivity index (χ0n) is 16.1. The Morgan fingerprint density at radius 2 is 1.57 bits per heavy atom. The van der Waals surface area contributed by atoms with E-state index in [9.17, 15) is 9.90 Å². The first-order valence-corrected chi connectivity index (χ1v) is 10.2. The van der Waals surface area contributed by atoms with E-state index in [1.165, 1.54) is 5.56 Å². The number of fused-ring (bicyclic) bond motifs is 1. The van der Waals surface area contributed by atoms with E-state index in [1.807, 2.05) is 48.5 Å². The first kappa shape index (κ1) is 18.5. The lowest BCUT2D eigenvalue weighted by Gasteiger charge is -2.20. The Morgan fingerprint density at radius 1 is 0.893 bits per heavy atom. The smallest absolute Gasteiger partial charge is 0.343 e. The number of benzene rings is 2. The molecule has 0 spiro atoms. The van der Waals surface area contributed by atoms with E-state index in [2.05, 4.69) is 12.1 Å². The molecule has 0 bridgehead atoms. The average molecular weight is 374 g/mol. The summed E-state index contributed by atoms with van der Waals surface area (Å²) < 4.78 is 5.73. The molecule has 0 saturated heterocycles. The predicted octanol–water partition coefficient (Wildman–Crippen LogP) is 5.38. The van der Waals surface area contributed by atoms with Crippen molar-refractivity contribution in [3.63, 3.8) is 0 Å². The van der Waals surface area contributed by atoms with Gasteiger partial charge in [0.25, 0.3) is 0 Å². The van der Waals surface area contributed by atoms with Gasteiger partial charge in [0.15, 0.2) is 0 Å². The SMILES string of the molecule is O=c1oc2c(c(O)c1C(CCc1ccccc1)c1ccccc1)CCCCC2. The molecule has 28 heavy (non-hydrogen) atoms. The molecule has 2 aromatic carbocycles. The zero-order valence-corrected chi connectivity index (χ0v) is 16.1. The molecular formula is C25H26O3. The number of aromatic hydroxyl groups is 1. The second-order valence-corrected chi connectivity index (χ2v) is 7.60. The molecule has 1 aromatic heterocycles. The number of hydrogen-bond acceptors (Lipinski definition) is 3. The Morgan fingerprint density at radius 3 is 2.32 bits per heavy atom. The van der Waals surface area contributed by atoms with Gasteiger partial charge < -0.3 is 9.52 Å². The van der Waals surface area contributed by atoms with Gasteiger partial charge >= 0.3 is 5.63 Å². The maximum absolute atomic E-state index is 12.9. The van der Waals surface area contributed by atoms with Crippen molar-refractivity contribution in [3.8, 4) is 5.75 Å². The fourth-order valence-electron chi connectivity index (χ4n) is 4.27.